The van der Waals surface area contributed by atoms with E-state index in [1.54, 1.807) is 6.20 Å². The van der Waals surface area contributed by atoms with Crippen molar-refractivity contribution in [2.45, 2.75) is 20.3 Å². The standard InChI is InChI=1S/C10H14N6/c1-6-10(14-7(2)13-6)8-5-12-9(3-4-11)16-15-8/h5H,3-4,11H2,1-2H3,(H,13,14). The highest BCUT2D eigenvalue weighted by atomic mass is 15.2. The third kappa shape index (κ3) is 2.06. The molecule has 2 aromatic heterocycles. The molecule has 0 aromatic carbocycles. The zero-order valence-corrected chi connectivity index (χ0v) is 9.36. The molecule has 0 unspecified atom stereocenters. The van der Waals surface area contributed by atoms with E-state index in [1.807, 2.05) is 13.8 Å². The summed E-state index contributed by atoms with van der Waals surface area (Å²) in [6.07, 6.45) is 2.33. The van der Waals surface area contributed by atoms with Crippen LogP contribution in [0.5, 0.6) is 0 Å². The van der Waals surface area contributed by atoms with E-state index >= 15 is 0 Å². The molecule has 0 atom stereocenters. The SMILES string of the molecule is Cc1nc(-c2cnc(CCN)nn2)c(C)[nH]1. The Morgan fingerprint density at radius 2 is 2.12 bits per heavy atom. The van der Waals surface area contributed by atoms with Crippen LogP contribution in [0.15, 0.2) is 6.20 Å². The summed E-state index contributed by atoms with van der Waals surface area (Å²) >= 11 is 0. The number of nitrogens with zero attached hydrogens (tertiary/aromatic N) is 4. The quantitative estimate of drug-likeness (QED) is 0.776. The molecule has 84 valence electrons. The topological polar surface area (TPSA) is 93.4 Å². The van der Waals surface area contributed by atoms with Crippen LogP contribution in [-0.2, 0) is 6.42 Å². The van der Waals surface area contributed by atoms with Crippen molar-refractivity contribution in [3.8, 4) is 11.4 Å². The molecule has 3 N–H and O–H groups in total. The number of imidazole rings is 1. The molecule has 0 aliphatic rings. The molecule has 0 aliphatic carbocycles. The van der Waals surface area contributed by atoms with Crippen LogP contribution in [0, 0.1) is 13.8 Å². The van der Waals surface area contributed by atoms with Gasteiger partial charge in [-0.15, -0.1) is 10.2 Å². The van der Waals surface area contributed by atoms with E-state index in [1.165, 1.54) is 0 Å². The molecule has 2 aromatic rings. The van der Waals surface area contributed by atoms with Crippen LogP contribution < -0.4 is 5.73 Å². The molecule has 0 radical (unpaired) electrons. The lowest BCUT2D eigenvalue weighted by molar-refractivity contribution is 0.811. The van der Waals surface area contributed by atoms with Crippen LogP contribution >= 0.6 is 0 Å². The first-order valence-corrected chi connectivity index (χ1v) is 5.13. The van der Waals surface area contributed by atoms with Gasteiger partial charge in [0.2, 0.25) is 0 Å². The number of nitrogens with one attached hydrogen (secondary N) is 1. The molecule has 2 rings (SSSR count). The Morgan fingerprint density at radius 3 is 2.62 bits per heavy atom. The van der Waals surface area contributed by atoms with Gasteiger partial charge in [0.05, 0.1) is 6.20 Å². The van der Waals surface area contributed by atoms with Gasteiger partial charge in [-0.05, 0) is 20.4 Å². The monoisotopic (exact) mass is 218 g/mol. The normalized spacial score (nSPS) is 10.7. The first-order valence-electron chi connectivity index (χ1n) is 5.13. The van der Waals surface area contributed by atoms with Gasteiger partial charge in [0.25, 0.3) is 0 Å². The number of aromatic amines is 1. The molecule has 0 fully saturated rings. The molecule has 0 spiro atoms. The third-order valence-electron chi connectivity index (χ3n) is 2.22. The second kappa shape index (κ2) is 4.36. The highest BCUT2D eigenvalue weighted by Crippen LogP contribution is 2.16. The average molecular weight is 218 g/mol. The van der Waals surface area contributed by atoms with Crippen LogP contribution in [0.25, 0.3) is 11.4 Å². The van der Waals surface area contributed by atoms with Crippen molar-refractivity contribution in [1.29, 1.82) is 0 Å². The number of nitrogens with two attached hydrogens (primary N) is 1. The lowest BCUT2D eigenvalue weighted by Crippen LogP contribution is -2.07. The summed E-state index contributed by atoms with van der Waals surface area (Å²) in [7, 11) is 0. The van der Waals surface area contributed by atoms with E-state index in [-0.39, 0.29) is 0 Å². The maximum Gasteiger partial charge on any atom is 0.152 e. The number of hydrogen-bond acceptors (Lipinski definition) is 5. The fourth-order valence-electron chi connectivity index (χ4n) is 1.51. The van der Waals surface area contributed by atoms with Crippen molar-refractivity contribution in [3.63, 3.8) is 0 Å². The molecule has 16 heavy (non-hydrogen) atoms. The fraction of sp³-hybridized carbons (Fsp3) is 0.400. The van der Waals surface area contributed by atoms with Gasteiger partial charge in [0, 0.05) is 12.1 Å². The number of aromatic nitrogens is 5. The van der Waals surface area contributed by atoms with Gasteiger partial charge in [0.1, 0.15) is 17.2 Å². The van der Waals surface area contributed by atoms with E-state index in [2.05, 4.69) is 25.1 Å². The van der Waals surface area contributed by atoms with Crippen molar-refractivity contribution in [3.05, 3.63) is 23.5 Å². The predicted octanol–water partition coefficient (Wildman–Crippen LogP) is 0.380. The van der Waals surface area contributed by atoms with Crippen molar-refractivity contribution in [2.24, 2.45) is 5.73 Å². The first-order chi connectivity index (χ1) is 7.70. The summed E-state index contributed by atoms with van der Waals surface area (Å²) in [5, 5.41) is 8.09. The van der Waals surface area contributed by atoms with Gasteiger partial charge in [-0.25, -0.2) is 9.97 Å². The summed E-state index contributed by atoms with van der Waals surface area (Å²) in [5.41, 5.74) is 7.87. The zero-order valence-electron chi connectivity index (χ0n) is 9.36. The van der Waals surface area contributed by atoms with Gasteiger partial charge in [-0.3, -0.25) is 0 Å². The van der Waals surface area contributed by atoms with Gasteiger partial charge in [-0.1, -0.05) is 0 Å². The number of rotatable bonds is 3. The van der Waals surface area contributed by atoms with E-state index < -0.39 is 0 Å². The third-order valence-corrected chi connectivity index (χ3v) is 2.22. The number of hydrogen-bond donors (Lipinski definition) is 2. The van der Waals surface area contributed by atoms with Crippen molar-refractivity contribution in [1.82, 2.24) is 25.1 Å². The van der Waals surface area contributed by atoms with Crippen LogP contribution in [0.4, 0.5) is 0 Å². The molecule has 0 saturated carbocycles. The molecular weight excluding hydrogens is 204 g/mol. The largest absolute Gasteiger partial charge is 0.346 e. The maximum atomic E-state index is 5.41. The Labute approximate surface area is 93.3 Å². The summed E-state index contributed by atoms with van der Waals surface area (Å²) in [6.45, 7) is 4.38. The highest BCUT2D eigenvalue weighted by molar-refractivity contribution is 5.55. The fourth-order valence-corrected chi connectivity index (χ4v) is 1.51. The molecule has 0 bridgehead atoms. The minimum Gasteiger partial charge on any atom is -0.346 e. The zero-order chi connectivity index (χ0) is 11.5. The van der Waals surface area contributed by atoms with Crippen LogP contribution in [0.3, 0.4) is 0 Å². The van der Waals surface area contributed by atoms with Gasteiger partial charge in [0.15, 0.2) is 5.82 Å². The second-order valence-electron chi connectivity index (χ2n) is 3.59. The molecule has 0 saturated heterocycles. The number of H-pyrrole nitrogens is 1. The van der Waals surface area contributed by atoms with Crippen LogP contribution in [-0.4, -0.2) is 31.7 Å². The Balaban J connectivity index is 2.31. The van der Waals surface area contributed by atoms with E-state index in [9.17, 15) is 0 Å². The number of aryl methyl sites for hydroxylation is 2. The molecule has 6 nitrogen and oxygen atoms in total. The lowest BCUT2D eigenvalue weighted by Gasteiger charge is -1.98. The Kier molecular flexibility index (Phi) is 2.91. The van der Waals surface area contributed by atoms with Gasteiger partial charge in [-0.2, -0.15) is 0 Å². The minimum absolute atomic E-state index is 0.529. The molecular formula is C10H14N6. The summed E-state index contributed by atoms with van der Waals surface area (Å²) in [6, 6.07) is 0. The second-order valence-corrected chi connectivity index (χ2v) is 3.59. The lowest BCUT2D eigenvalue weighted by atomic mass is 10.3. The summed E-state index contributed by atoms with van der Waals surface area (Å²) < 4.78 is 0. The van der Waals surface area contributed by atoms with Crippen molar-refractivity contribution < 1.29 is 0 Å². The van der Waals surface area contributed by atoms with Crippen LogP contribution in [0.2, 0.25) is 0 Å². The average Bonchev–Trinajstić information content (AvgIpc) is 2.59. The highest BCUT2D eigenvalue weighted by Gasteiger charge is 2.09. The van der Waals surface area contributed by atoms with Crippen molar-refractivity contribution in [2.75, 3.05) is 6.54 Å². The van der Waals surface area contributed by atoms with Crippen molar-refractivity contribution >= 4 is 0 Å². The van der Waals surface area contributed by atoms with E-state index in [0.29, 0.717) is 24.5 Å². The molecule has 0 aliphatic heterocycles. The van der Waals surface area contributed by atoms with Gasteiger partial charge >= 0.3 is 0 Å². The molecule has 0 amide bonds. The maximum absolute atomic E-state index is 5.41. The Bertz CT molecular complexity index is 473. The molecule has 6 heteroatoms. The first kappa shape index (κ1) is 10.7. The summed E-state index contributed by atoms with van der Waals surface area (Å²) in [4.78, 5) is 11.6. The summed E-state index contributed by atoms with van der Waals surface area (Å²) in [5.74, 6) is 1.52. The van der Waals surface area contributed by atoms with E-state index in [0.717, 1.165) is 17.2 Å². The predicted molar refractivity (Wildman–Crippen MR) is 59.6 cm³/mol. The van der Waals surface area contributed by atoms with Crippen LogP contribution in [0.1, 0.15) is 17.3 Å². The Morgan fingerprint density at radius 1 is 1.31 bits per heavy atom. The Hall–Kier alpha value is -1.82. The van der Waals surface area contributed by atoms with Gasteiger partial charge < -0.3 is 10.7 Å². The molecule has 2 heterocycles. The minimum atomic E-state index is 0.529. The smallest absolute Gasteiger partial charge is 0.152 e. The van der Waals surface area contributed by atoms with E-state index in [4.69, 9.17) is 5.73 Å².